The van der Waals surface area contributed by atoms with Gasteiger partial charge in [-0.3, -0.25) is 14.5 Å². The standard InChI is InChI=1S/C21H26N4O2/c1-17-6-5-7-18(16-17)23-21(27)20(26)22-10-11-24-12-14-25(15-13-24)19-8-3-2-4-9-19/h2-9,16H,10-15H2,1H3,(H,22,26)(H,23,27). The highest BCUT2D eigenvalue weighted by Crippen LogP contribution is 2.15. The molecule has 0 radical (unpaired) electrons. The summed E-state index contributed by atoms with van der Waals surface area (Å²) in [4.78, 5) is 28.6. The Morgan fingerprint density at radius 2 is 1.67 bits per heavy atom. The van der Waals surface area contributed by atoms with Crippen LogP contribution in [0.25, 0.3) is 0 Å². The molecule has 6 nitrogen and oxygen atoms in total. The molecule has 0 spiro atoms. The molecule has 2 aromatic carbocycles. The quantitative estimate of drug-likeness (QED) is 0.793. The Bertz CT molecular complexity index is 771. The van der Waals surface area contributed by atoms with Crippen LogP contribution in [0.5, 0.6) is 0 Å². The third-order valence-electron chi connectivity index (χ3n) is 4.69. The number of carbonyl (C=O) groups excluding carboxylic acids is 2. The van der Waals surface area contributed by atoms with E-state index >= 15 is 0 Å². The maximum atomic E-state index is 12.0. The average Bonchev–Trinajstić information content (AvgIpc) is 2.69. The summed E-state index contributed by atoms with van der Waals surface area (Å²) in [5, 5.41) is 5.32. The third-order valence-corrected chi connectivity index (χ3v) is 4.69. The predicted octanol–water partition coefficient (Wildman–Crippen LogP) is 1.87. The van der Waals surface area contributed by atoms with Crippen LogP contribution in [-0.2, 0) is 9.59 Å². The summed E-state index contributed by atoms with van der Waals surface area (Å²) >= 11 is 0. The van der Waals surface area contributed by atoms with E-state index in [1.807, 2.05) is 31.2 Å². The van der Waals surface area contributed by atoms with Gasteiger partial charge in [-0.15, -0.1) is 0 Å². The highest BCUT2D eigenvalue weighted by Gasteiger charge is 2.18. The Morgan fingerprint density at radius 3 is 2.37 bits per heavy atom. The molecule has 2 N–H and O–H groups in total. The largest absolute Gasteiger partial charge is 0.369 e. The molecule has 1 aliphatic rings. The lowest BCUT2D eigenvalue weighted by atomic mass is 10.2. The number of amides is 2. The molecule has 142 valence electrons. The fourth-order valence-corrected chi connectivity index (χ4v) is 3.19. The second kappa shape index (κ2) is 9.19. The van der Waals surface area contributed by atoms with Crippen LogP contribution in [0.4, 0.5) is 11.4 Å². The zero-order valence-corrected chi connectivity index (χ0v) is 15.6. The molecule has 1 fully saturated rings. The Balaban J connectivity index is 1.36. The number of para-hydroxylation sites is 1. The lowest BCUT2D eigenvalue weighted by Gasteiger charge is -2.36. The van der Waals surface area contributed by atoms with Gasteiger partial charge in [0.2, 0.25) is 0 Å². The van der Waals surface area contributed by atoms with Gasteiger partial charge in [-0.05, 0) is 36.8 Å². The summed E-state index contributed by atoms with van der Waals surface area (Å²) in [6.45, 7) is 6.96. The number of rotatable bonds is 5. The van der Waals surface area contributed by atoms with Crippen molar-refractivity contribution in [2.24, 2.45) is 0 Å². The normalized spacial score (nSPS) is 14.6. The molecule has 0 atom stereocenters. The van der Waals surface area contributed by atoms with E-state index in [1.165, 1.54) is 5.69 Å². The molecule has 1 saturated heterocycles. The van der Waals surface area contributed by atoms with Crippen LogP contribution < -0.4 is 15.5 Å². The van der Waals surface area contributed by atoms with Gasteiger partial charge < -0.3 is 15.5 Å². The number of nitrogens with zero attached hydrogens (tertiary/aromatic N) is 2. The molecule has 3 rings (SSSR count). The van der Waals surface area contributed by atoms with E-state index in [-0.39, 0.29) is 0 Å². The van der Waals surface area contributed by atoms with Gasteiger partial charge in [0.25, 0.3) is 0 Å². The lowest BCUT2D eigenvalue weighted by Crippen LogP contribution is -2.49. The molecule has 0 saturated carbocycles. The van der Waals surface area contributed by atoms with Gasteiger partial charge in [0.15, 0.2) is 0 Å². The van der Waals surface area contributed by atoms with Crippen molar-refractivity contribution in [3.05, 3.63) is 60.2 Å². The van der Waals surface area contributed by atoms with Crippen molar-refractivity contribution in [2.45, 2.75) is 6.92 Å². The zero-order chi connectivity index (χ0) is 19.1. The van der Waals surface area contributed by atoms with Crippen molar-refractivity contribution >= 4 is 23.2 Å². The van der Waals surface area contributed by atoms with Gasteiger partial charge in [-0.2, -0.15) is 0 Å². The topological polar surface area (TPSA) is 64.7 Å². The molecule has 1 aliphatic heterocycles. The van der Waals surface area contributed by atoms with E-state index in [2.05, 4.69) is 44.7 Å². The van der Waals surface area contributed by atoms with Gasteiger partial charge in [0.1, 0.15) is 0 Å². The summed E-state index contributed by atoms with van der Waals surface area (Å²) < 4.78 is 0. The first-order chi connectivity index (χ1) is 13.1. The summed E-state index contributed by atoms with van der Waals surface area (Å²) in [7, 11) is 0. The highest BCUT2D eigenvalue weighted by molar-refractivity contribution is 6.39. The number of piperazine rings is 1. The predicted molar refractivity (Wildman–Crippen MR) is 108 cm³/mol. The Labute approximate surface area is 160 Å². The minimum Gasteiger partial charge on any atom is -0.369 e. The maximum Gasteiger partial charge on any atom is 0.313 e. The molecule has 2 aromatic rings. The maximum absolute atomic E-state index is 12.0. The zero-order valence-electron chi connectivity index (χ0n) is 15.6. The van der Waals surface area contributed by atoms with Crippen LogP contribution >= 0.6 is 0 Å². The number of carbonyl (C=O) groups is 2. The fraction of sp³-hybridized carbons (Fsp3) is 0.333. The van der Waals surface area contributed by atoms with Crippen molar-refractivity contribution in [3.63, 3.8) is 0 Å². The molecule has 0 unspecified atom stereocenters. The molecule has 6 heteroatoms. The summed E-state index contributed by atoms with van der Waals surface area (Å²) in [6.07, 6.45) is 0. The number of hydrogen-bond acceptors (Lipinski definition) is 4. The molecule has 0 bridgehead atoms. The molecule has 27 heavy (non-hydrogen) atoms. The lowest BCUT2D eigenvalue weighted by molar-refractivity contribution is -0.136. The van der Waals surface area contributed by atoms with Crippen LogP contribution in [0, 0.1) is 6.92 Å². The number of aryl methyl sites for hydroxylation is 1. The van der Waals surface area contributed by atoms with E-state index in [9.17, 15) is 9.59 Å². The molecule has 0 aromatic heterocycles. The van der Waals surface area contributed by atoms with Gasteiger partial charge in [-0.25, -0.2) is 0 Å². The second-order valence-electron chi connectivity index (χ2n) is 6.74. The molecule has 2 amide bonds. The SMILES string of the molecule is Cc1cccc(NC(=O)C(=O)NCCN2CCN(c3ccccc3)CC2)c1. The summed E-state index contributed by atoms with van der Waals surface area (Å²) in [6, 6.07) is 17.8. The van der Waals surface area contributed by atoms with Crippen molar-refractivity contribution in [1.82, 2.24) is 10.2 Å². The van der Waals surface area contributed by atoms with E-state index < -0.39 is 11.8 Å². The van der Waals surface area contributed by atoms with Crippen LogP contribution in [0.3, 0.4) is 0 Å². The first-order valence-corrected chi connectivity index (χ1v) is 9.30. The smallest absolute Gasteiger partial charge is 0.313 e. The minimum absolute atomic E-state index is 0.464. The van der Waals surface area contributed by atoms with Crippen molar-refractivity contribution in [1.29, 1.82) is 0 Å². The number of nitrogens with one attached hydrogen (secondary N) is 2. The van der Waals surface area contributed by atoms with Crippen LogP contribution in [0.1, 0.15) is 5.56 Å². The van der Waals surface area contributed by atoms with Crippen LogP contribution in [-0.4, -0.2) is 56.0 Å². The second-order valence-corrected chi connectivity index (χ2v) is 6.74. The van der Waals surface area contributed by atoms with E-state index in [1.54, 1.807) is 6.07 Å². The van der Waals surface area contributed by atoms with Crippen molar-refractivity contribution in [3.8, 4) is 0 Å². The number of benzene rings is 2. The Kier molecular flexibility index (Phi) is 6.44. The van der Waals surface area contributed by atoms with Crippen molar-refractivity contribution < 1.29 is 9.59 Å². The van der Waals surface area contributed by atoms with Crippen molar-refractivity contribution in [2.75, 3.05) is 49.5 Å². The van der Waals surface area contributed by atoms with Crippen LogP contribution in [0.15, 0.2) is 54.6 Å². The minimum atomic E-state index is -0.630. The number of hydrogen-bond donors (Lipinski definition) is 2. The van der Waals surface area contributed by atoms with E-state index in [0.717, 1.165) is 38.3 Å². The first kappa shape index (κ1) is 18.9. The van der Waals surface area contributed by atoms with E-state index in [0.29, 0.717) is 12.2 Å². The van der Waals surface area contributed by atoms with Gasteiger partial charge >= 0.3 is 11.8 Å². The van der Waals surface area contributed by atoms with Gasteiger partial charge in [0.05, 0.1) is 0 Å². The molecular formula is C21H26N4O2. The fourth-order valence-electron chi connectivity index (χ4n) is 3.19. The number of anilines is 2. The van der Waals surface area contributed by atoms with Gasteiger partial charge in [0, 0.05) is 50.6 Å². The van der Waals surface area contributed by atoms with Gasteiger partial charge in [-0.1, -0.05) is 30.3 Å². The average molecular weight is 366 g/mol. The Morgan fingerprint density at radius 1 is 0.926 bits per heavy atom. The molecule has 1 heterocycles. The monoisotopic (exact) mass is 366 g/mol. The van der Waals surface area contributed by atoms with E-state index in [4.69, 9.17) is 0 Å². The summed E-state index contributed by atoms with van der Waals surface area (Å²) in [5.41, 5.74) is 2.91. The summed E-state index contributed by atoms with van der Waals surface area (Å²) in [5.74, 6) is -1.23. The molecule has 0 aliphatic carbocycles. The van der Waals surface area contributed by atoms with Crippen LogP contribution in [0.2, 0.25) is 0 Å². The first-order valence-electron chi connectivity index (χ1n) is 9.30. The third kappa shape index (κ3) is 5.56. The Hall–Kier alpha value is -2.86. The highest BCUT2D eigenvalue weighted by atomic mass is 16.2. The molecular weight excluding hydrogens is 340 g/mol.